The Balaban J connectivity index is 0.00000256. The fourth-order valence-electron chi connectivity index (χ4n) is 3.57. The minimum atomic E-state index is 0. The van der Waals surface area contributed by atoms with Crippen molar-refractivity contribution < 1.29 is 4.74 Å². The van der Waals surface area contributed by atoms with Crippen molar-refractivity contribution in [3.8, 4) is 5.75 Å². The van der Waals surface area contributed by atoms with Crippen LogP contribution in [0.25, 0.3) is 0 Å². The monoisotopic (exact) mass is 542 g/mol. The second-order valence-electron chi connectivity index (χ2n) is 7.50. The Kier molecular flexibility index (Phi) is 8.55. The van der Waals surface area contributed by atoms with Gasteiger partial charge in [0.1, 0.15) is 11.6 Å². The van der Waals surface area contributed by atoms with Crippen molar-refractivity contribution in [1.29, 1.82) is 0 Å². The van der Waals surface area contributed by atoms with Crippen LogP contribution in [0.1, 0.15) is 37.6 Å². The second kappa shape index (κ2) is 11.1. The highest BCUT2D eigenvalue weighted by molar-refractivity contribution is 14.0. The first kappa shape index (κ1) is 23.1. The molecule has 1 N–H and O–H groups in total. The molecule has 2 aliphatic rings. The van der Waals surface area contributed by atoms with Crippen molar-refractivity contribution in [2.75, 3.05) is 38.1 Å². The highest BCUT2D eigenvalue weighted by Gasteiger charge is 2.23. The first-order valence-electron chi connectivity index (χ1n) is 10.5. The number of guanidine groups is 1. The van der Waals surface area contributed by atoms with E-state index in [0.29, 0.717) is 12.6 Å². The van der Waals surface area contributed by atoms with Crippen molar-refractivity contribution in [2.45, 2.75) is 45.3 Å². The van der Waals surface area contributed by atoms with Crippen molar-refractivity contribution in [1.82, 2.24) is 19.6 Å². The molecule has 1 aliphatic heterocycles. The highest BCUT2D eigenvalue weighted by atomic mass is 127. The molecule has 2 fully saturated rings. The summed E-state index contributed by atoms with van der Waals surface area (Å²) in [6.07, 6.45) is 4.89. The Morgan fingerprint density at radius 3 is 2.63 bits per heavy atom. The lowest BCUT2D eigenvalue weighted by Gasteiger charge is -2.36. The van der Waals surface area contributed by atoms with Crippen molar-refractivity contribution in [3.63, 3.8) is 0 Å². The number of ether oxygens (including phenoxy) is 1. The molecule has 2 heterocycles. The first-order chi connectivity index (χ1) is 14.3. The predicted molar refractivity (Wildman–Crippen MR) is 133 cm³/mol. The molecular weight excluding hydrogens is 511 g/mol. The zero-order chi connectivity index (χ0) is 20.1. The van der Waals surface area contributed by atoms with Gasteiger partial charge in [0.15, 0.2) is 5.96 Å². The average Bonchev–Trinajstić information content (AvgIpc) is 3.22. The van der Waals surface area contributed by atoms with Crippen LogP contribution < -0.4 is 15.0 Å². The van der Waals surface area contributed by atoms with E-state index in [2.05, 4.69) is 54.6 Å². The fraction of sp³-hybridized carbons (Fsp3) is 0.571. The average molecular weight is 542 g/mol. The van der Waals surface area contributed by atoms with Crippen LogP contribution in [0.5, 0.6) is 5.75 Å². The summed E-state index contributed by atoms with van der Waals surface area (Å²) in [5.74, 6) is 2.87. The summed E-state index contributed by atoms with van der Waals surface area (Å²) in [5, 5.41) is 4.56. The van der Waals surface area contributed by atoms with Crippen LogP contribution in [0.15, 0.2) is 29.3 Å². The third-order valence-corrected chi connectivity index (χ3v) is 6.41. The van der Waals surface area contributed by atoms with E-state index in [9.17, 15) is 0 Å². The van der Waals surface area contributed by atoms with E-state index < -0.39 is 0 Å². The van der Waals surface area contributed by atoms with Gasteiger partial charge >= 0.3 is 0 Å². The number of aryl methyl sites for hydroxylation is 1. The molecule has 1 aliphatic carbocycles. The van der Waals surface area contributed by atoms with Crippen LogP contribution in [0.4, 0.5) is 5.13 Å². The van der Waals surface area contributed by atoms with Crippen LogP contribution >= 0.6 is 35.5 Å². The molecule has 1 saturated heterocycles. The molecule has 0 bridgehead atoms. The van der Waals surface area contributed by atoms with Crippen LogP contribution in [-0.4, -0.2) is 59.5 Å². The van der Waals surface area contributed by atoms with Gasteiger partial charge in [-0.3, -0.25) is 4.99 Å². The van der Waals surface area contributed by atoms with E-state index in [1.807, 2.05) is 13.1 Å². The molecular formula is C21H31IN6OS. The summed E-state index contributed by atoms with van der Waals surface area (Å²) in [6, 6.07) is 8.32. The summed E-state index contributed by atoms with van der Waals surface area (Å²) in [5.41, 5.74) is 1.18. The number of halogens is 1. The molecule has 0 radical (unpaired) electrons. The van der Waals surface area contributed by atoms with Crippen molar-refractivity contribution in [3.05, 3.63) is 35.7 Å². The highest BCUT2D eigenvalue weighted by Crippen LogP contribution is 2.27. The smallest absolute Gasteiger partial charge is 0.205 e. The molecule has 4 rings (SSSR count). The van der Waals surface area contributed by atoms with E-state index in [4.69, 9.17) is 4.74 Å². The Morgan fingerprint density at radius 2 is 2.00 bits per heavy atom. The van der Waals surface area contributed by atoms with Gasteiger partial charge in [0.25, 0.3) is 0 Å². The number of aliphatic imine (C=N–C) groups is 1. The minimum Gasteiger partial charge on any atom is -0.490 e. The van der Waals surface area contributed by atoms with Crippen LogP contribution in [0.3, 0.4) is 0 Å². The van der Waals surface area contributed by atoms with Gasteiger partial charge in [0.2, 0.25) is 5.13 Å². The standard InChI is InChI=1S/C21H30N6OS.HI/c1-3-19-24-21(29-25-19)27-13-11-26(12-14-27)20(22-2)23-15-16-7-4-5-10-18(16)28-17-8-6-9-17;/h4-5,7,10,17H,3,6,8-9,11-15H2,1-2H3,(H,22,23);1H. The van der Waals surface area contributed by atoms with Gasteiger partial charge < -0.3 is 19.9 Å². The van der Waals surface area contributed by atoms with Gasteiger partial charge in [-0.1, -0.05) is 25.1 Å². The maximum atomic E-state index is 6.16. The van der Waals surface area contributed by atoms with Crippen molar-refractivity contribution in [2.24, 2.45) is 4.99 Å². The fourth-order valence-corrected chi connectivity index (χ4v) is 4.37. The zero-order valence-electron chi connectivity index (χ0n) is 17.7. The number of rotatable bonds is 6. The lowest BCUT2D eigenvalue weighted by molar-refractivity contribution is 0.119. The molecule has 0 spiro atoms. The SMILES string of the molecule is CCc1nsc(N2CCN(C(=NC)NCc3ccccc3OC3CCC3)CC2)n1.I. The summed E-state index contributed by atoms with van der Waals surface area (Å²) < 4.78 is 10.6. The molecule has 0 amide bonds. The molecule has 2 aromatic rings. The molecule has 0 atom stereocenters. The molecule has 1 aromatic carbocycles. The van der Waals surface area contributed by atoms with Gasteiger partial charge in [-0.05, 0) is 25.3 Å². The third-order valence-electron chi connectivity index (χ3n) is 5.59. The Labute approximate surface area is 200 Å². The number of hydrogen-bond acceptors (Lipinski definition) is 6. The Morgan fingerprint density at radius 1 is 1.23 bits per heavy atom. The second-order valence-corrected chi connectivity index (χ2v) is 8.23. The number of piperazine rings is 1. The molecule has 1 aromatic heterocycles. The van der Waals surface area contributed by atoms with E-state index in [-0.39, 0.29) is 24.0 Å². The van der Waals surface area contributed by atoms with E-state index in [1.54, 1.807) is 0 Å². The summed E-state index contributed by atoms with van der Waals surface area (Å²) in [6.45, 7) is 6.50. The van der Waals surface area contributed by atoms with Gasteiger partial charge in [-0.2, -0.15) is 4.37 Å². The summed E-state index contributed by atoms with van der Waals surface area (Å²) in [4.78, 5) is 13.8. The van der Waals surface area contributed by atoms with Crippen LogP contribution in [-0.2, 0) is 13.0 Å². The normalized spacial score (nSPS) is 17.3. The molecule has 30 heavy (non-hydrogen) atoms. The topological polar surface area (TPSA) is 65.9 Å². The van der Waals surface area contributed by atoms with Gasteiger partial charge in [-0.15, -0.1) is 24.0 Å². The number of nitrogens with zero attached hydrogens (tertiary/aromatic N) is 5. The maximum absolute atomic E-state index is 6.16. The molecule has 1 saturated carbocycles. The Bertz CT molecular complexity index is 832. The summed E-state index contributed by atoms with van der Waals surface area (Å²) in [7, 11) is 1.85. The van der Waals surface area contributed by atoms with Gasteiger partial charge in [0, 0.05) is 63.3 Å². The number of hydrogen-bond donors (Lipinski definition) is 1. The lowest BCUT2D eigenvalue weighted by atomic mass is 9.96. The number of anilines is 1. The van der Waals surface area contributed by atoms with E-state index in [1.165, 1.54) is 36.4 Å². The number of aromatic nitrogens is 2. The van der Waals surface area contributed by atoms with E-state index in [0.717, 1.165) is 55.3 Å². The van der Waals surface area contributed by atoms with Gasteiger partial charge in [0.05, 0.1) is 6.10 Å². The number of nitrogens with one attached hydrogen (secondary N) is 1. The van der Waals surface area contributed by atoms with Crippen LogP contribution in [0.2, 0.25) is 0 Å². The minimum absolute atomic E-state index is 0. The molecule has 0 unspecified atom stereocenters. The third kappa shape index (κ3) is 5.54. The maximum Gasteiger partial charge on any atom is 0.205 e. The number of benzene rings is 1. The first-order valence-corrected chi connectivity index (χ1v) is 11.3. The Hall–Kier alpha value is -1.62. The van der Waals surface area contributed by atoms with Crippen molar-refractivity contribution >= 4 is 46.6 Å². The quantitative estimate of drug-likeness (QED) is 0.342. The molecule has 9 heteroatoms. The summed E-state index contributed by atoms with van der Waals surface area (Å²) >= 11 is 1.50. The lowest BCUT2D eigenvalue weighted by Crippen LogP contribution is -2.52. The van der Waals surface area contributed by atoms with Crippen LogP contribution in [0, 0.1) is 0 Å². The molecule has 164 valence electrons. The number of para-hydroxylation sites is 1. The van der Waals surface area contributed by atoms with E-state index >= 15 is 0 Å². The van der Waals surface area contributed by atoms with Gasteiger partial charge in [-0.25, -0.2) is 4.98 Å². The largest absolute Gasteiger partial charge is 0.490 e. The zero-order valence-corrected chi connectivity index (χ0v) is 20.9. The molecule has 7 nitrogen and oxygen atoms in total. The predicted octanol–water partition coefficient (Wildman–Crippen LogP) is 3.55.